The molecule has 21 heavy (non-hydrogen) atoms. The summed E-state index contributed by atoms with van der Waals surface area (Å²) in [6.07, 6.45) is 8.91. The van der Waals surface area contributed by atoms with Crippen LogP contribution in [-0.4, -0.2) is 45.6 Å². The minimum absolute atomic E-state index is 0.0628. The average Bonchev–Trinajstić information content (AvgIpc) is 2.43. The molecule has 0 aliphatic heterocycles. The highest BCUT2D eigenvalue weighted by atomic mass is 16.4. The summed E-state index contributed by atoms with van der Waals surface area (Å²) in [5.41, 5.74) is 0. The number of unbranched alkanes of at least 4 members (excludes halogenated alkanes) is 7. The van der Waals surface area contributed by atoms with Gasteiger partial charge < -0.3 is 20.4 Å². The molecule has 0 radical (unpaired) electrons. The third kappa shape index (κ3) is 27.9. The molecule has 0 aromatic heterocycles. The quantitative estimate of drug-likeness (QED) is 0.388. The number of carbonyl (C=O) groups is 2. The summed E-state index contributed by atoms with van der Waals surface area (Å²) in [6.45, 7) is 0.660. The normalized spacial score (nSPS) is 9.81. The van der Waals surface area contributed by atoms with Gasteiger partial charge in [0.1, 0.15) is 0 Å². The van der Waals surface area contributed by atoms with Crippen LogP contribution in [0.25, 0.3) is 0 Å². The first-order chi connectivity index (χ1) is 10.0. The number of aliphatic carboxylic acids is 2. The van der Waals surface area contributed by atoms with Crippen molar-refractivity contribution in [2.75, 3.05) is 13.2 Å². The van der Waals surface area contributed by atoms with Crippen LogP contribution in [0.2, 0.25) is 0 Å². The van der Waals surface area contributed by atoms with E-state index in [2.05, 4.69) is 0 Å². The summed E-state index contributed by atoms with van der Waals surface area (Å²) < 4.78 is 0. The van der Waals surface area contributed by atoms with Crippen LogP contribution in [0.5, 0.6) is 0 Å². The van der Waals surface area contributed by atoms with Crippen LogP contribution >= 0.6 is 0 Å². The number of aliphatic hydroxyl groups is 2. The molecular weight excluding hydrogens is 276 g/mol. The molecule has 0 aromatic carbocycles. The van der Waals surface area contributed by atoms with E-state index in [-0.39, 0.29) is 12.8 Å². The van der Waals surface area contributed by atoms with Gasteiger partial charge in [-0.15, -0.1) is 0 Å². The van der Waals surface area contributed by atoms with Crippen LogP contribution in [0.1, 0.15) is 70.6 Å². The molecule has 6 nitrogen and oxygen atoms in total. The van der Waals surface area contributed by atoms with Crippen molar-refractivity contribution in [3.05, 3.63) is 0 Å². The Labute approximate surface area is 126 Å². The average molecular weight is 306 g/mol. The lowest BCUT2D eigenvalue weighted by molar-refractivity contribution is -0.139. The van der Waals surface area contributed by atoms with Gasteiger partial charge in [-0.2, -0.15) is 0 Å². The third-order valence-electron chi connectivity index (χ3n) is 2.85. The van der Waals surface area contributed by atoms with Crippen molar-refractivity contribution in [2.45, 2.75) is 70.6 Å². The van der Waals surface area contributed by atoms with Crippen LogP contribution in [0.4, 0.5) is 0 Å². The SMILES string of the molecule is O=C(O)CCCCC(=O)O.OCCCCCCCCCO. The predicted octanol–water partition coefficient (Wildman–Crippen LogP) is 2.42. The third-order valence-corrected chi connectivity index (χ3v) is 2.85. The molecule has 0 fully saturated rings. The van der Waals surface area contributed by atoms with Gasteiger partial charge in [0.25, 0.3) is 0 Å². The minimum Gasteiger partial charge on any atom is -0.481 e. The zero-order valence-corrected chi connectivity index (χ0v) is 12.8. The Kier molecular flexibility index (Phi) is 19.9. The maximum absolute atomic E-state index is 9.90. The van der Waals surface area contributed by atoms with Gasteiger partial charge in [0.05, 0.1) is 0 Å². The van der Waals surface area contributed by atoms with E-state index in [0.717, 1.165) is 25.7 Å². The molecular formula is C15H30O6. The van der Waals surface area contributed by atoms with Crippen molar-refractivity contribution in [1.29, 1.82) is 0 Å². The van der Waals surface area contributed by atoms with Crippen molar-refractivity contribution >= 4 is 11.9 Å². The van der Waals surface area contributed by atoms with Crippen molar-refractivity contribution in [2.24, 2.45) is 0 Å². The molecule has 0 aliphatic carbocycles. The van der Waals surface area contributed by atoms with Gasteiger partial charge in [-0.05, 0) is 25.7 Å². The summed E-state index contributed by atoms with van der Waals surface area (Å²) in [6, 6.07) is 0. The number of hydrogen-bond acceptors (Lipinski definition) is 4. The lowest BCUT2D eigenvalue weighted by Crippen LogP contribution is -1.97. The van der Waals surface area contributed by atoms with Gasteiger partial charge in [0.2, 0.25) is 0 Å². The van der Waals surface area contributed by atoms with E-state index in [4.69, 9.17) is 20.4 Å². The lowest BCUT2D eigenvalue weighted by Gasteiger charge is -1.98. The lowest BCUT2D eigenvalue weighted by atomic mass is 10.1. The Morgan fingerprint density at radius 1 is 0.524 bits per heavy atom. The molecule has 0 saturated heterocycles. The number of carboxylic acids is 2. The molecule has 0 bridgehead atoms. The summed E-state index contributed by atoms with van der Waals surface area (Å²) >= 11 is 0. The molecule has 0 heterocycles. The summed E-state index contributed by atoms with van der Waals surface area (Å²) in [5.74, 6) is -1.74. The molecule has 0 rings (SSSR count). The predicted molar refractivity (Wildman–Crippen MR) is 80.2 cm³/mol. The molecule has 0 aromatic rings. The van der Waals surface area contributed by atoms with Crippen LogP contribution in [0, 0.1) is 0 Å². The van der Waals surface area contributed by atoms with Crippen LogP contribution in [-0.2, 0) is 9.59 Å². The van der Waals surface area contributed by atoms with Crippen molar-refractivity contribution in [1.82, 2.24) is 0 Å². The zero-order chi connectivity index (χ0) is 16.3. The number of rotatable bonds is 13. The molecule has 0 unspecified atom stereocenters. The Hall–Kier alpha value is -1.14. The van der Waals surface area contributed by atoms with E-state index in [1.165, 1.54) is 19.3 Å². The Morgan fingerprint density at radius 3 is 1.05 bits per heavy atom. The fourth-order valence-electron chi connectivity index (χ4n) is 1.66. The Balaban J connectivity index is 0. The molecule has 0 spiro atoms. The molecule has 0 aliphatic rings. The molecule has 6 heteroatoms. The van der Waals surface area contributed by atoms with Gasteiger partial charge in [0.15, 0.2) is 0 Å². The molecule has 0 saturated carbocycles. The first-order valence-electron chi connectivity index (χ1n) is 7.70. The highest BCUT2D eigenvalue weighted by Crippen LogP contribution is 2.06. The Morgan fingerprint density at radius 2 is 0.810 bits per heavy atom. The first kappa shape index (κ1) is 22.1. The largest absolute Gasteiger partial charge is 0.481 e. The molecule has 4 N–H and O–H groups in total. The molecule has 0 atom stereocenters. The van der Waals surface area contributed by atoms with Gasteiger partial charge in [-0.1, -0.05) is 32.1 Å². The van der Waals surface area contributed by atoms with Crippen molar-refractivity contribution in [3.63, 3.8) is 0 Å². The molecule has 0 amide bonds. The van der Waals surface area contributed by atoms with Crippen LogP contribution in [0.15, 0.2) is 0 Å². The maximum Gasteiger partial charge on any atom is 0.303 e. The smallest absolute Gasteiger partial charge is 0.303 e. The van der Waals surface area contributed by atoms with Crippen LogP contribution < -0.4 is 0 Å². The second-order valence-electron chi connectivity index (χ2n) is 4.92. The second-order valence-corrected chi connectivity index (χ2v) is 4.92. The zero-order valence-electron chi connectivity index (χ0n) is 12.8. The van der Waals surface area contributed by atoms with Crippen LogP contribution in [0.3, 0.4) is 0 Å². The van der Waals surface area contributed by atoms with E-state index in [1.807, 2.05) is 0 Å². The van der Waals surface area contributed by atoms with E-state index in [9.17, 15) is 9.59 Å². The van der Waals surface area contributed by atoms with Gasteiger partial charge >= 0.3 is 11.9 Å². The monoisotopic (exact) mass is 306 g/mol. The van der Waals surface area contributed by atoms with Crippen molar-refractivity contribution < 1.29 is 30.0 Å². The van der Waals surface area contributed by atoms with Gasteiger partial charge in [0, 0.05) is 26.1 Å². The Bertz CT molecular complexity index is 218. The summed E-state index contributed by atoms with van der Waals surface area (Å²) in [5, 5.41) is 33.2. The van der Waals surface area contributed by atoms with Gasteiger partial charge in [-0.3, -0.25) is 9.59 Å². The first-order valence-corrected chi connectivity index (χ1v) is 7.70. The second kappa shape index (κ2) is 18.9. The highest BCUT2D eigenvalue weighted by Gasteiger charge is 1.99. The fraction of sp³-hybridized carbons (Fsp3) is 0.867. The summed E-state index contributed by atoms with van der Waals surface area (Å²) in [7, 11) is 0. The number of hydrogen-bond donors (Lipinski definition) is 4. The standard InChI is InChI=1S/C9H20O2.C6H10O4/c10-8-6-4-2-1-3-5-7-9-11;7-5(8)3-1-2-4-6(9)10/h10-11H,1-9H2;1-4H2,(H,7,8)(H,9,10). The summed E-state index contributed by atoms with van der Waals surface area (Å²) in [4.78, 5) is 19.8. The van der Waals surface area contributed by atoms with E-state index >= 15 is 0 Å². The number of aliphatic hydroxyl groups excluding tert-OH is 2. The van der Waals surface area contributed by atoms with E-state index in [1.54, 1.807) is 0 Å². The fourth-order valence-corrected chi connectivity index (χ4v) is 1.66. The minimum atomic E-state index is -0.870. The topological polar surface area (TPSA) is 115 Å². The maximum atomic E-state index is 9.90. The van der Waals surface area contributed by atoms with Gasteiger partial charge in [-0.25, -0.2) is 0 Å². The molecule has 126 valence electrons. The van der Waals surface area contributed by atoms with Crippen molar-refractivity contribution in [3.8, 4) is 0 Å². The number of carboxylic acid groups (broad SMARTS) is 2. The van der Waals surface area contributed by atoms with E-state index < -0.39 is 11.9 Å². The van der Waals surface area contributed by atoms with E-state index in [0.29, 0.717) is 26.1 Å². The highest BCUT2D eigenvalue weighted by molar-refractivity contribution is 5.67.